The molecule has 0 heterocycles. The summed E-state index contributed by atoms with van der Waals surface area (Å²) < 4.78 is 4.67. The number of carbonyl (C=O) groups is 2. The van der Waals surface area contributed by atoms with Crippen LogP contribution in [0, 0.1) is 0 Å². The highest BCUT2D eigenvalue weighted by Gasteiger charge is 2.24. The maximum atomic E-state index is 11.7. The van der Waals surface area contributed by atoms with Crippen LogP contribution in [-0.2, 0) is 20.7 Å². The number of esters is 1. The van der Waals surface area contributed by atoms with Crippen LogP contribution in [-0.4, -0.2) is 37.6 Å². The van der Waals surface area contributed by atoms with Gasteiger partial charge in [-0.2, -0.15) is 0 Å². The SMILES string of the molecule is COC(=O)[C@H](Cc1ccccc1)NC(=O)[C@@H](N)CN. The number of nitrogens with one attached hydrogen (secondary N) is 1. The first-order valence-electron chi connectivity index (χ1n) is 5.96. The van der Waals surface area contributed by atoms with Crippen molar-refractivity contribution in [3.63, 3.8) is 0 Å². The Morgan fingerprint density at radius 1 is 1.32 bits per heavy atom. The third-order valence-corrected chi connectivity index (χ3v) is 2.68. The fourth-order valence-electron chi connectivity index (χ4n) is 1.57. The van der Waals surface area contributed by atoms with Crippen molar-refractivity contribution in [2.45, 2.75) is 18.5 Å². The minimum atomic E-state index is -0.831. The summed E-state index contributed by atoms with van der Waals surface area (Å²) in [5.74, 6) is -0.977. The van der Waals surface area contributed by atoms with Crippen LogP contribution in [0.1, 0.15) is 5.56 Å². The van der Waals surface area contributed by atoms with E-state index >= 15 is 0 Å². The van der Waals surface area contributed by atoms with Crippen LogP contribution in [0.4, 0.5) is 0 Å². The molecule has 0 unspecified atom stereocenters. The van der Waals surface area contributed by atoms with Gasteiger partial charge in [0.25, 0.3) is 0 Å². The lowest BCUT2D eigenvalue weighted by Gasteiger charge is -2.18. The van der Waals surface area contributed by atoms with Crippen LogP contribution in [0.3, 0.4) is 0 Å². The van der Waals surface area contributed by atoms with Crippen molar-refractivity contribution in [2.75, 3.05) is 13.7 Å². The van der Waals surface area contributed by atoms with Crippen molar-refractivity contribution < 1.29 is 14.3 Å². The maximum absolute atomic E-state index is 11.7. The Hall–Kier alpha value is -1.92. The fraction of sp³-hybridized carbons (Fsp3) is 0.385. The van der Waals surface area contributed by atoms with Gasteiger partial charge in [0, 0.05) is 13.0 Å². The summed E-state index contributed by atoms with van der Waals surface area (Å²) in [5.41, 5.74) is 11.7. The number of amides is 1. The van der Waals surface area contributed by atoms with Crippen LogP contribution in [0.15, 0.2) is 30.3 Å². The molecule has 1 aromatic rings. The molecule has 0 saturated carbocycles. The monoisotopic (exact) mass is 265 g/mol. The highest BCUT2D eigenvalue weighted by Crippen LogP contribution is 2.04. The molecule has 1 aromatic carbocycles. The number of ether oxygens (including phenoxy) is 1. The minimum Gasteiger partial charge on any atom is -0.467 e. The Morgan fingerprint density at radius 3 is 2.47 bits per heavy atom. The third kappa shape index (κ3) is 4.69. The standard InChI is InChI=1S/C13H19N3O3/c1-19-13(18)11(16-12(17)10(15)8-14)7-9-5-3-2-4-6-9/h2-6,10-11H,7-8,14-15H2,1H3,(H,16,17)/t10-,11-/m0/s1. The summed E-state index contributed by atoms with van der Waals surface area (Å²) in [6.45, 7) is 0.0189. The first kappa shape index (κ1) is 15.1. The van der Waals surface area contributed by atoms with E-state index in [-0.39, 0.29) is 6.54 Å². The van der Waals surface area contributed by atoms with Gasteiger partial charge in [0.1, 0.15) is 6.04 Å². The van der Waals surface area contributed by atoms with Crippen LogP contribution in [0.2, 0.25) is 0 Å². The van der Waals surface area contributed by atoms with Crippen LogP contribution < -0.4 is 16.8 Å². The molecule has 0 bridgehead atoms. The zero-order valence-electron chi connectivity index (χ0n) is 10.8. The smallest absolute Gasteiger partial charge is 0.328 e. The van der Waals surface area contributed by atoms with Crippen molar-refractivity contribution in [1.82, 2.24) is 5.32 Å². The summed E-state index contributed by atoms with van der Waals surface area (Å²) in [6.07, 6.45) is 0.344. The number of methoxy groups -OCH3 is 1. The predicted molar refractivity (Wildman–Crippen MR) is 71.1 cm³/mol. The predicted octanol–water partition coefficient (Wildman–Crippen LogP) is -0.827. The summed E-state index contributed by atoms with van der Waals surface area (Å²) in [5, 5.41) is 2.55. The van der Waals surface area contributed by atoms with Crippen molar-refractivity contribution in [3.8, 4) is 0 Å². The molecule has 5 N–H and O–H groups in total. The first-order valence-corrected chi connectivity index (χ1v) is 5.96. The largest absolute Gasteiger partial charge is 0.467 e. The normalized spacial score (nSPS) is 13.4. The molecule has 0 radical (unpaired) electrons. The van der Waals surface area contributed by atoms with Gasteiger partial charge in [-0.25, -0.2) is 4.79 Å². The number of hydrogen-bond donors (Lipinski definition) is 3. The Bertz CT molecular complexity index is 422. The lowest BCUT2D eigenvalue weighted by molar-refractivity contribution is -0.145. The second-order valence-electron chi connectivity index (χ2n) is 4.12. The van der Waals surface area contributed by atoms with Crippen molar-refractivity contribution >= 4 is 11.9 Å². The second kappa shape index (κ2) is 7.50. The molecule has 6 heteroatoms. The van der Waals surface area contributed by atoms with E-state index < -0.39 is 24.0 Å². The molecular weight excluding hydrogens is 246 g/mol. The maximum Gasteiger partial charge on any atom is 0.328 e. The van der Waals surface area contributed by atoms with Crippen LogP contribution in [0.25, 0.3) is 0 Å². The first-order chi connectivity index (χ1) is 9.08. The van der Waals surface area contributed by atoms with Gasteiger partial charge in [0.15, 0.2) is 0 Å². The topological polar surface area (TPSA) is 107 Å². The number of nitrogens with two attached hydrogens (primary N) is 2. The minimum absolute atomic E-state index is 0.0189. The van der Waals surface area contributed by atoms with Crippen molar-refractivity contribution in [3.05, 3.63) is 35.9 Å². The molecule has 0 saturated heterocycles. The number of hydrogen-bond acceptors (Lipinski definition) is 5. The molecule has 0 aliphatic carbocycles. The Balaban J connectivity index is 2.73. The van der Waals surface area contributed by atoms with Gasteiger partial charge in [-0.15, -0.1) is 0 Å². The van der Waals surface area contributed by atoms with Gasteiger partial charge in [-0.3, -0.25) is 4.79 Å². The van der Waals surface area contributed by atoms with E-state index in [1.807, 2.05) is 30.3 Å². The van der Waals surface area contributed by atoms with Gasteiger partial charge in [-0.1, -0.05) is 30.3 Å². The highest BCUT2D eigenvalue weighted by molar-refractivity contribution is 5.87. The van der Waals surface area contributed by atoms with Gasteiger partial charge >= 0.3 is 5.97 Å². The molecule has 6 nitrogen and oxygen atoms in total. The lowest BCUT2D eigenvalue weighted by Crippen LogP contribution is -2.52. The highest BCUT2D eigenvalue weighted by atomic mass is 16.5. The molecule has 1 rings (SSSR count). The summed E-state index contributed by atoms with van der Waals surface area (Å²) in [4.78, 5) is 23.3. The van der Waals surface area contributed by atoms with Crippen molar-refractivity contribution in [1.29, 1.82) is 0 Å². The van der Waals surface area contributed by atoms with Crippen LogP contribution >= 0.6 is 0 Å². The van der Waals surface area contributed by atoms with E-state index in [4.69, 9.17) is 11.5 Å². The molecule has 1 amide bonds. The average Bonchev–Trinajstić information content (AvgIpc) is 2.45. The molecule has 0 aromatic heterocycles. The fourth-order valence-corrected chi connectivity index (χ4v) is 1.57. The van der Waals surface area contributed by atoms with E-state index in [0.29, 0.717) is 6.42 Å². The molecule has 104 valence electrons. The van der Waals surface area contributed by atoms with Gasteiger partial charge in [0.2, 0.25) is 5.91 Å². The second-order valence-corrected chi connectivity index (χ2v) is 4.12. The summed E-state index contributed by atoms with van der Waals surface area (Å²) >= 11 is 0. The Labute approximate surface area is 112 Å². The molecule has 0 aliphatic heterocycles. The lowest BCUT2D eigenvalue weighted by atomic mass is 10.1. The molecule has 0 aliphatic rings. The molecule has 19 heavy (non-hydrogen) atoms. The van der Waals surface area contributed by atoms with E-state index in [2.05, 4.69) is 10.1 Å². The van der Waals surface area contributed by atoms with Gasteiger partial charge in [-0.05, 0) is 5.56 Å². The quantitative estimate of drug-likeness (QED) is 0.582. The van der Waals surface area contributed by atoms with E-state index in [1.165, 1.54) is 7.11 Å². The molecule has 0 fully saturated rings. The van der Waals surface area contributed by atoms with Crippen molar-refractivity contribution in [2.24, 2.45) is 11.5 Å². The molecular formula is C13H19N3O3. The Kier molecular flexibility index (Phi) is 5.98. The Morgan fingerprint density at radius 2 is 1.95 bits per heavy atom. The molecule has 2 atom stereocenters. The number of benzene rings is 1. The van der Waals surface area contributed by atoms with Gasteiger partial charge in [0.05, 0.1) is 13.2 Å². The summed E-state index contributed by atoms with van der Waals surface area (Å²) in [6, 6.07) is 7.73. The van der Waals surface area contributed by atoms with Crippen LogP contribution in [0.5, 0.6) is 0 Å². The average molecular weight is 265 g/mol. The van der Waals surface area contributed by atoms with E-state index in [0.717, 1.165) is 5.56 Å². The third-order valence-electron chi connectivity index (χ3n) is 2.68. The molecule has 0 spiro atoms. The summed E-state index contributed by atoms with van der Waals surface area (Å²) in [7, 11) is 1.27. The number of rotatable bonds is 6. The number of carbonyl (C=O) groups excluding carboxylic acids is 2. The van der Waals surface area contributed by atoms with E-state index in [1.54, 1.807) is 0 Å². The van der Waals surface area contributed by atoms with Gasteiger partial charge < -0.3 is 21.5 Å². The van der Waals surface area contributed by atoms with E-state index in [9.17, 15) is 9.59 Å². The zero-order chi connectivity index (χ0) is 14.3. The zero-order valence-corrected chi connectivity index (χ0v) is 10.8.